The smallest absolute Gasteiger partial charge is 0.225 e. The van der Waals surface area contributed by atoms with Crippen LogP contribution in [0.5, 0.6) is 0 Å². The Morgan fingerprint density at radius 1 is 1.16 bits per heavy atom. The van der Waals surface area contributed by atoms with Gasteiger partial charge in [0.15, 0.2) is 0 Å². The maximum absolute atomic E-state index is 13.0. The van der Waals surface area contributed by atoms with Gasteiger partial charge in [-0.3, -0.25) is 9.59 Å². The molecule has 2 fully saturated rings. The minimum absolute atomic E-state index is 0.0124. The van der Waals surface area contributed by atoms with Crippen molar-refractivity contribution in [3.05, 3.63) is 17.6 Å². The van der Waals surface area contributed by atoms with Gasteiger partial charge in [-0.05, 0) is 25.7 Å². The second kappa shape index (κ2) is 9.94. The fourth-order valence-electron chi connectivity index (χ4n) is 4.54. The van der Waals surface area contributed by atoms with Crippen molar-refractivity contribution in [2.24, 2.45) is 0 Å². The van der Waals surface area contributed by atoms with Crippen molar-refractivity contribution in [2.75, 3.05) is 39.1 Å². The zero-order valence-corrected chi connectivity index (χ0v) is 19.4. The lowest BCUT2D eigenvalue weighted by Gasteiger charge is -2.37. The molecule has 1 aliphatic heterocycles. The molecule has 0 aromatic carbocycles. The van der Waals surface area contributed by atoms with Crippen LogP contribution in [-0.4, -0.2) is 76.5 Å². The van der Waals surface area contributed by atoms with Crippen molar-refractivity contribution in [1.29, 1.82) is 0 Å². The molecule has 0 bridgehead atoms. The lowest BCUT2D eigenvalue weighted by molar-refractivity contribution is -0.139. The van der Waals surface area contributed by atoms with E-state index in [0.29, 0.717) is 13.1 Å². The van der Waals surface area contributed by atoms with Gasteiger partial charge in [0.2, 0.25) is 11.8 Å². The van der Waals surface area contributed by atoms with Gasteiger partial charge in [-0.2, -0.15) is 0 Å². The molecule has 1 aromatic heterocycles. The Hall–Kier alpha value is -2.22. The van der Waals surface area contributed by atoms with Crippen LogP contribution in [0.25, 0.3) is 0 Å². The first-order valence-corrected chi connectivity index (χ1v) is 11.4. The lowest BCUT2D eigenvalue weighted by atomic mass is 9.82. The van der Waals surface area contributed by atoms with Crippen LogP contribution in [0.4, 0.5) is 5.82 Å². The minimum Gasteiger partial charge on any atom is -0.389 e. The van der Waals surface area contributed by atoms with E-state index in [1.165, 1.54) is 0 Å². The first-order valence-electron chi connectivity index (χ1n) is 11.4. The number of carbonyl (C=O) groups is 2. The van der Waals surface area contributed by atoms with Gasteiger partial charge in [-0.25, -0.2) is 9.97 Å². The number of aliphatic hydroxyl groups is 1. The lowest BCUT2D eigenvalue weighted by Crippen LogP contribution is -2.44. The number of likely N-dealkylation sites (tertiary alicyclic amines) is 1. The molecule has 31 heavy (non-hydrogen) atoms. The largest absolute Gasteiger partial charge is 0.389 e. The monoisotopic (exact) mass is 431 g/mol. The molecule has 1 saturated heterocycles. The summed E-state index contributed by atoms with van der Waals surface area (Å²) < 4.78 is 0. The summed E-state index contributed by atoms with van der Waals surface area (Å²) in [6.07, 6.45) is 6.61. The summed E-state index contributed by atoms with van der Waals surface area (Å²) in [5, 5.41) is 10.8. The molecule has 1 N–H and O–H groups in total. The number of hydrogen-bond donors (Lipinski definition) is 1. The van der Waals surface area contributed by atoms with Gasteiger partial charge in [-0.1, -0.05) is 19.3 Å². The van der Waals surface area contributed by atoms with E-state index >= 15 is 0 Å². The number of aromatic nitrogens is 2. The summed E-state index contributed by atoms with van der Waals surface area (Å²) in [5.74, 6) is 1.61. The highest BCUT2D eigenvalue weighted by Crippen LogP contribution is 2.33. The zero-order valence-electron chi connectivity index (χ0n) is 19.4. The van der Waals surface area contributed by atoms with Gasteiger partial charge in [-0.15, -0.1) is 0 Å². The molecule has 2 aliphatic rings. The highest BCUT2D eigenvalue weighted by Gasteiger charge is 2.35. The molecule has 3 rings (SSSR count). The molecule has 8 heteroatoms. The molecule has 2 amide bonds. The number of rotatable bonds is 6. The summed E-state index contributed by atoms with van der Waals surface area (Å²) in [5.41, 5.74) is -0.0417. The molecule has 0 radical (unpaired) electrons. The summed E-state index contributed by atoms with van der Waals surface area (Å²) in [6.45, 7) is 3.26. The van der Waals surface area contributed by atoms with Crippen molar-refractivity contribution in [1.82, 2.24) is 19.8 Å². The Labute approximate surface area is 185 Å². The Morgan fingerprint density at radius 3 is 2.52 bits per heavy atom. The van der Waals surface area contributed by atoms with Crippen molar-refractivity contribution in [3.8, 4) is 0 Å². The molecule has 1 saturated carbocycles. The molecule has 0 spiro atoms. The predicted octanol–water partition coefficient (Wildman–Crippen LogP) is 2.31. The van der Waals surface area contributed by atoms with E-state index in [1.807, 2.05) is 30.0 Å². The van der Waals surface area contributed by atoms with Crippen LogP contribution in [0.2, 0.25) is 0 Å². The van der Waals surface area contributed by atoms with Crippen LogP contribution in [0.15, 0.2) is 6.07 Å². The number of nitrogens with zero attached hydrogens (tertiary/aromatic N) is 5. The van der Waals surface area contributed by atoms with Gasteiger partial charge in [0.25, 0.3) is 0 Å². The van der Waals surface area contributed by atoms with Gasteiger partial charge in [0.05, 0.1) is 24.3 Å². The van der Waals surface area contributed by atoms with E-state index in [2.05, 4.69) is 0 Å². The molecular formula is C23H37N5O3. The number of amides is 2. The third-order valence-corrected chi connectivity index (χ3v) is 6.58. The third-order valence-electron chi connectivity index (χ3n) is 6.58. The molecule has 8 nitrogen and oxygen atoms in total. The molecule has 1 atom stereocenters. The molecular weight excluding hydrogens is 394 g/mol. The molecule has 1 unspecified atom stereocenters. The van der Waals surface area contributed by atoms with E-state index < -0.39 is 5.60 Å². The molecule has 2 heterocycles. The summed E-state index contributed by atoms with van der Waals surface area (Å²) in [7, 11) is 5.63. The first-order chi connectivity index (χ1) is 14.7. The number of piperidine rings is 1. The number of anilines is 1. The standard InChI is InChI=1S/C23H37N5O3/c1-17(29)27(4)16-19-13-20(26(2)3)25-22(24-19)18-9-8-12-28(15-18)21(30)14-23(31)10-6-5-7-11-23/h13,18,31H,5-12,14-16H2,1-4H3. The average Bonchev–Trinajstić information content (AvgIpc) is 2.73. The summed E-state index contributed by atoms with van der Waals surface area (Å²) in [6, 6.07) is 1.91. The van der Waals surface area contributed by atoms with E-state index in [0.717, 1.165) is 68.8 Å². The third kappa shape index (κ3) is 6.15. The van der Waals surface area contributed by atoms with Crippen molar-refractivity contribution >= 4 is 17.6 Å². The molecule has 172 valence electrons. The van der Waals surface area contributed by atoms with Crippen molar-refractivity contribution in [2.45, 2.75) is 76.4 Å². The van der Waals surface area contributed by atoms with Gasteiger partial charge < -0.3 is 19.8 Å². The van der Waals surface area contributed by atoms with Crippen molar-refractivity contribution < 1.29 is 14.7 Å². The Bertz CT molecular complexity index is 791. The van der Waals surface area contributed by atoms with Gasteiger partial charge >= 0.3 is 0 Å². The molecule has 1 aliphatic carbocycles. The second-order valence-electron chi connectivity index (χ2n) is 9.49. The predicted molar refractivity (Wildman–Crippen MR) is 120 cm³/mol. The van der Waals surface area contributed by atoms with E-state index in [4.69, 9.17) is 9.97 Å². The SMILES string of the molecule is CC(=O)N(C)Cc1cc(N(C)C)nc(C2CCCN(C(=O)CC3(O)CCCCC3)C2)n1. The Morgan fingerprint density at radius 2 is 1.87 bits per heavy atom. The van der Waals surface area contributed by atoms with Crippen LogP contribution < -0.4 is 4.90 Å². The van der Waals surface area contributed by atoms with Crippen LogP contribution >= 0.6 is 0 Å². The Kier molecular flexibility index (Phi) is 7.51. The zero-order chi connectivity index (χ0) is 22.6. The minimum atomic E-state index is -0.839. The fraction of sp³-hybridized carbons (Fsp3) is 0.739. The van der Waals surface area contributed by atoms with E-state index in [1.54, 1.807) is 18.9 Å². The van der Waals surface area contributed by atoms with Gasteiger partial charge in [0.1, 0.15) is 11.6 Å². The van der Waals surface area contributed by atoms with Crippen LogP contribution in [0.1, 0.15) is 75.7 Å². The quantitative estimate of drug-likeness (QED) is 0.743. The van der Waals surface area contributed by atoms with Crippen LogP contribution in [0.3, 0.4) is 0 Å². The Balaban J connectivity index is 1.74. The van der Waals surface area contributed by atoms with E-state index in [-0.39, 0.29) is 24.2 Å². The second-order valence-corrected chi connectivity index (χ2v) is 9.49. The highest BCUT2D eigenvalue weighted by atomic mass is 16.3. The van der Waals surface area contributed by atoms with Crippen LogP contribution in [-0.2, 0) is 16.1 Å². The highest BCUT2D eigenvalue weighted by molar-refractivity contribution is 5.77. The summed E-state index contributed by atoms with van der Waals surface area (Å²) in [4.78, 5) is 39.6. The fourth-order valence-corrected chi connectivity index (χ4v) is 4.54. The first kappa shape index (κ1) is 23.4. The summed E-state index contributed by atoms with van der Waals surface area (Å²) >= 11 is 0. The number of hydrogen-bond acceptors (Lipinski definition) is 6. The average molecular weight is 432 g/mol. The maximum atomic E-state index is 13.0. The van der Waals surface area contributed by atoms with E-state index in [9.17, 15) is 14.7 Å². The maximum Gasteiger partial charge on any atom is 0.225 e. The molecule has 1 aromatic rings. The van der Waals surface area contributed by atoms with Crippen molar-refractivity contribution in [3.63, 3.8) is 0 Å². The topological polar surface area (TPSA) is 89.9 Å². The van der Waals surface area contributed by atoms with Crippen LogP contribution in [0, 0.1) is 0 Å². The van der Waals surface area contributed by atoms with Gasteiger partial charge in [0, 0.05) is 53.1 Å². The number of carbonyl (C=O) groups excluding carboxylic acids is 2. The normalized spacial score (nSPS) is 20.9.